The molecule has 5 heteroatoms. The average Bonchev–Trinajstić information content (AvgIpc) is 3.10. The molecule has 1 aliphatic rings. The quantitative estimate of drug-likeness (QED) is 0.216. The van der Waals surface area contributed by atoms with E-state index >= 15 is 0 Å². The zero-order valence-corrected chi connectivity index (χ0v) is 17.6. The fraction of sp³-hybridized carbons (Fsp3) is 0.619. The third-order valence-electron chi connectivity index (χ3n) is 5.07. The summed E-state index contributed by atoms with van der Waals surface area (Å²) in [5.74, 6) is -0.866. The second-order valence-electron chi connectivity index (χ2n) is 7.18. The van der Waals surface area contributed by atoms with Crippen LogP contribution in [-0.2, 0) is 14.1 Å². The van der Waals surface area contributed by atoms with Crippen LogP contribution in [0.5, 0.6) is 0 Å². The van der Waals surface area contributed by atoms with Crippen molar-refractivity contribution in [2.75, 3.05) is 6.61 Å². The van der Waals surface area contributed by atoms with Crippen LogP contribution in [0.15, 0.2) is 12.1 Å². The molecule has 1 aromatic carbocycles. The van der Waals surface area contributed by atoms with Crippen LogP contribution < -0.4 is 0 Å². The van der Waals surface area contributed by atoms with Crippen LogP contribution in [-0.4, -0.2) is 18.4 Å². The van der Waals surface area contributed by atoms with E-state index in [0.717, 1.165) is 55.2 Å². The topological polar surface area (TPSA) is 60.4 Å². The number of carbonyl (C=O) groups is 2. The van der Waals surface area contributed by atoms with Gasteiger partial charge in [0.05, 0.1) is 6.61 Å². The largest absolute Gasteiger partial charge is 0.465 e. The first-order chi connectivity index (χ1) is 12.5. The molecule has 4 nitrogen and oxygen atoms in total. The van der Waals surface area contributed by atoms with Gasteiger partial charge in [-0.05, 0) is 57.1 Å². The smallest absolute Gasteiger partial charge is 0.317 e. The van der Waals surface area contributed by atoms with E-state index in [9.17, 15) is 9.59 Å². The zero-order chi connectivity index (χ0) is 19.7. The van der Waals surface area contributed by atoms with Crippen molar-refractivity contribution < 1.29 is 18.9 Å². The number of hydrogen-bond acceptors (Lipinski definition) is 4. The summed E-state index contributed by atoms with van der Waals surface area (Å²) < 4.78 is 13.6. The van der Waals surface area contributed by atoms with Crippen LogP contribution in [0.25, 0.3) is 0 Å². The minimum absolute atomic E-state index is 0.0431. The highest BCUT2D eigenvalue weighted by molar-refractivity contribution is 7.00. The molecule has 26 heavy (non-hydrogen) atoms. The molecule has 0 N–H and O–H groups in total. The third-order valence-corrected chi connectivity index (χ3v) is 5.07. The molecule has 0 aliphatic heterocycles. The van der Waals surface area contributed by atoms with Crippen molar-refractivity contribution in [1.82, 2.24) is 0 Å². The number of aryl methyl sites for hydroxylation is 3. The van der Waals surface area contributed by atoms with Gasteiger partial charge in [0.25, 0.3) is 0 Å². The number of esters is 1. The van der Waals surface area contributed by atoms with E-state index in [0.29, 0.717) is 12.2 Å². The van der Waals surface area contributed by atoms with Gasteiger partial charge in [-0.3, -0.25) is 9.59 Å². The highest BCUT2D eigenvalue weighted by Gasteiger charge is 2.38. The molecule has 2 atom stereocenters. The van der Waals surface area contributed by atoms with E-state index in [1.54, 1.807) is 0 Å². The lowest BCUT2D eigenvalue weighted by Crippen LogP contribution is -2.33. The second-order valence-corrected chi connectivity index (χ2v) is 7.18. The Labute approximate surface area is 159 Å². The third kappa shape index (κ3) is 5.74. The Kier molecular flexibility index (Phi) is 9.72. The van der Waals surface area contributed by atoms with Crippen LogP contribution in [0.3, 0.4) is 0 Å². The Morgan fingerprint density at radius 1 is 1.12 bits per heavy atom. The molecule has 0 amide bonds. The molecule has 0 radical (unpaired) electrons. The average molecular weight is 379 g/mol. The lowest BCUT2D eigenvalue weighted by atomic mass is 9.82. The molecule has 0 spiro atoms. The van der Waals surface area contributed by atoms with E-state index in [1.807, 2.05) is 32.9 Å². The summed E-state index contributed by atoms with van der Waals surface area (Å²) in [4.78, 5) is 25.9. The Morgan fingerprint density at radius 2 is 1.65 bits per heavy atom. The number of unbranched alkanes of at least 4 members (excludes halogenated alkanes) is 1. The summed E-state index contributed by atoms with van der Waals surface area (Å²) in [7, 11) is 1.17. The molecule has 144 valence electrons. The minimum atomic E-state index is -0.635. The van der Waals surface area contributed by atoms with Crippen LogP contribution in [0.4, 0.5) is 0 Å². The minimum Gasteiger partial charge on any atom is -0.465 e. The normalized spacial score (nSPS) is 15.1. The molecule has 0 saturated heterocycles. The van der Waals surface area contributed by atoms with Crippen LogP contribution in [0, 0.1) is 32.6 Å². The molecule has 1 aromatic rings. The molecule has 0 aromatic heterocycles. The van der Waals surface area contributed by atoms with E-state index in [1.165, 1.54) is 9.12 Å². The van der Waals surface area contributed by atoms with E-state index in [4.69, 9.17) is 9.30 Å². The molecule has 0 heterocycles. The standard InChI is InChI=1S/C21H30O3.H2OP/c1-5-6-11-24-21(23)19(17-9-7-8-10-17)20(22)18-15(3)12-14(2)13-16(18)4;1-2/h12-13,17,19H,5-11H2,1-4H3;2H2/q;+1. The Balaban J connectivity index is 0.00000163. The summed E-state index contributed by atoms with van der Waals surface area (Å²) in [6.07, 6.45) is 5.92. The number of rotatable bonds is 7. The molecular weight excluding hydrogens is 347 g/mol. The molecule has 0 bridgehead atoms. The maximum absolute atomic E-state index is 13.3. The summed E-state index contributed by atoms with van der Waals surface area (Å²) in [5, 5.41) is 0. The van der Waals surface area contributed by atoms with Gasteiger partial charge in [-0.1, -0.05) is 48.4 Å². The predicted molar refractivity (Wildman–Crippen MR) is 107 cm³/mol. The van der Waals surface area contributed by atoms with Gasteiger partial charge < -0.3 is 4.74 Å². The SMILES string of the molecule is CCCCOC(=O)C(C(=O)c1c(C)cc(C)cc1C)C1CCCC1.O=[PH2+]. The Bertz CT molecular complexity index is 597. The number of carbonyl (C=O) groups excluding carboxylic acids is 2. The van der Waals surface area contributed by atoms with Gasteiger partial charge in [0, 0.05) is 5.56 Å². The number of Topliss-reactive ketones (excluding diaryl/α,β-unsaturated/α-hetero) is 1. The van der Waals surface area contributed by atoms with E-state index in [2.05, 4.69) is 6.92 Å². The summed E-state index contributed by atoms with van der Waals surface area (Å²) in [6.45, 7) is 8.43. The number of ether oxygens (including phenoxy) is 1. The van der Waals surface area contributed by atoms with Crippen LogP contribution in [0.2, 0.25) is 0 Å². The molecular formula is C21H32O4P+. The van der Waals surface area contributed by atoms with Crippen molar-refractivity contribution in [2.45, 2.75) is 66.2 Å². The first kappa shape index (κ1) is 22.5. The summed E-state index contributed by atoms with van der Waals surface area (Å²) in [6, 6.07) is 4.04. The van der Waals surface area contributed by atoms with Crippen molar-refractivity contribution in [1.29, 1.82) is 0 Å². The monoisotopic (exact) mass is 379 g/mol. The fourth-order valence-corrected chi connectivity index (χ4v) is 3.94. The highest BCUT2D eigenvalue weighted by Crippen LogP contribution is 2.35. The zero-order valence-electron chi connectivity index (χ0n) is 16.5. The number of ketones is 1. The first-order valence-corrected chi connectivity index (χ1v) is 9.95. The maximum Gasteiger partial charge on any atom is 0.317 e. The summed E-state index contributed by atoms with van der Waals surface area (Å²) >= 11 is 0. The summed E-state index contributed by atoms with van der Waals surface area (Å²) in [5.41, 5.74) is 3.78. The Hall–Kier alpha value is -1.54. The maximum atomic E-state index is 13.3. The molecule has 1 fully saturated rings. The van der Waals surface area contributed by atoms with Gasteiger partial charge in [0.15, 0.2) is 5.78 Å². The Morgan fingerprint density at radius 3 is 2.15 bits per heavy atom. The van der Waals surface area contributed by atoms with E-state index < -0.39 is 5.92 Å². The van der Waals surface area contributed by atoms with Gasteiger partial charge in [0.1, 0.15) is 5.92 Å². The molecule has 1 aliphatic carbocycles. The van der Waals surface area contributed by atoms with Crippen molar-refractivity contribution >= 4 is 20.9 Å². The van der Waals surface area contributed by atoms with Crippen molar-refractivity contribution in [3.05, 3.63) is 34.4 Å². The predicted octanol–water partition coefficient (Wildman–Crippen LogP) is 5.15. The van der Waals surface area contributed by atoms with Crippen molar-refractivity contribution in [3.63, 3.8) is 0 Å². The van der Waals surface area contributed by atoms with Crippen molar-refractivity contribution in [2.24, 2.45) is 11.8 Å². The fourth-order valence-electron chi connectivity index (χ4n) is 3.94. The van der Waals surface area contributed by atoms with Gasteiger partial charge in [-0.25, -0.2) is 0 Å². The molecule has 2 rings (SSSR count). The highest BCUT2D eigenvalue weighted by atomic mass is 31.0. The lowest BCUT2D eigenvalue weighted by Gasteiger charge is -2.22. The number of benzene rings is 1. The van der Waals surface area contributed by atoms with Gasteiger partial charge in [-0.2, -0.15) is 0 Å². The van der Waals surface area contributed by atoms with Crippen LogP contribution in [0.1, 0.15) is 72.5 Å². The van der Waals surface area contributed by atoms with Gasteiger partial charge >= 0.3 is 15.1 Å². The van der Waals surface area contributed by atoms with Gasteiger partial charge in [0.2, 0.25) is 0 Å². The van der Waals surface area contributed by atoms with E-state index in [-0.39, 0.29) is 17.7 Å². The van der Waals surface area contributed by atoms with Gasteiger partial charge in [-0.15, -0.1) is 0 Å². The first-order valence-electron chi connectivity index (χ1n) is 9.48. The van der Waals surface area contributed by atoms with Crippen LogP contribution >= 0.6 is 9.12 Å². The molecule has 2 unspecified atom stereocenters. The second kappa shape index (κ2) is 11.2. The van der Waals surface area contributed by atoms with Crippen molar-refractivity contribution in [3.8, 4) is 0 Å². The number of hydrogen-bond donors (Lipinski definition) is 0. The molecule has 1 saturated carbocycles. The lowest BCUT2D eigenvalue weighted by molar-refractivity contribution is -0.148.